The van der Waals surface area contributed by atoms with Gasteiger partial charge in [0.1, 0.15) is 5.75 Å². The van der Waals surface area contributed by atoms with Crippen LogP contribution in [0.1, 0.15) is 35.8 Å². The first-order valence-corrected chi connectivity index (χ1v) is 8.28. The highest BCUT2D eigenvalue weighted by Crippen LogP contribution is 2.21. The van der Waals surface area contributed by atoms with Gasteiger partial charge in [-0.1, -0.05) is 12.1 Å². The molecule has 2 N–H and O–H groups in total. The van der Waals surface area contributed by atoms with Gasteiger partial charge >= 0.3 is 12.7 Å². The topological polar surface area (TPSA) is 76.7 Å². The molecule has 0 saturated heterocycles. The first-order chi connectivity index (χ1) is 12.9. The summed E-state index contributed by atoms with van der Waals surface area (Å²) in [6, 6.07) is 12.0. The molecule has 6 nitrogen and oxygen atoms in total. The molecule has 0 aliphatic carbocycles. The number of alkyl halides is 2. The smallest absolute Gasteiger partial charge is 0.411 e. The van der Waals surface area contributed by atoms with E-state index in [1.54, 1.807) is 50.2 Å². The van der Waals surface area contributed by atoms with Crippen molar-refractivity contribution in [2.45, 2.75) is 26.5 Å². The zero-order valence-corrected chi connectivity index (χ0v) is 14.9. The molecule has 0 saturated carbocycles. The Labute approximate surface area is 155 Å². The van der Waals surface area contributed by atoms with E-state index in [0.717, 1.165) is 0 Å². The number of carbonyl (C=O) groups is 2. The van der Waals surface area contributed by atoms with Gasteiger partial charge in [0.2, 0.25) is 0 Å². The van der Waals surface area contributed by atoms with E-state index in [-0.39, 0.29) is 18.3 Å². The summed E-state index contributed by atoms with van der Waals surface area (Å²) in [5.74, 6) is -0.316. The van der Waals surface area contributed by atoms with Crippen molar-refractivity contribution in [1.82, 2.24) is 5.32 Å². The summed E-state index contributed by atoms with van der Waals surface area (Å²) in [5.41, 5.74) is 1.51. The second kappa shape index (κ2) is 9.51. The van der Waals surface area contributed by atoms with Gasteiger partial charge in [-0.05, 0) is 55.8 Å². The third-order valence-electron chi connectivity index (χ3n) is 3.60. The summed E-state index contributed by atoms with van der Waals surface area (Å²) >= 11 is 0. The van der Waals surface area contributed by atoms with E-state index in [1.807, 2.05) is 0 Å². The number of carbonyl (C=O) groups excluding carboxylic acids is 2. The van der Waals surface area contributed by atoms with Crippen molar-refractivity contribution in [3.63, 3.8) is 0 Å². The number of rotatable bonds is 7. The highest BCUT2D eigenvalue weighted by Gasteiger charge is 2.13. The fraction of sp³-hybridized carbons (Fsp3) is 0.263. The zero-order chi connectivity index (χ0) is 19.8. The fourth-order valence-electron chi connectivity index (χ4n) is 2.31. The molecule has 0 radical (unpaired) electrons. The van der Waals surface area contributed by atoms with Gasteiger partial charge in [0, 0.05) is 11.3 Å². The molecular weight excluding hydrogens is 358 g/mol. The third-order valence-corrected chi connectivity index (χ3v) is 3.60. The van der Waals surface area contributed by atoms with Crippen LogP contribution in [0.3, 0.4) is 0 Å². The van der Waals surface area contributed by atoms with Gasteiger partial charge in [-0.3, -0.25) is 10.1 Å². The summed E-state index contributed by atoms with van der Waals surface area (Å²) in [7, 11) is 0. The predicted molar refractivity (Wildman–Crippen MR) is 96.0 cm³/mol. The van der Waals surface area contributed by atoms with Crippen molar-refractivity contribution in [2.24, 2.45) is 0 Å². The monoisotopic (exact) mass is 378 g/mol. The lowest BCUT2D eigenvalue weighted by molar-refractivity contribution is -0.0499. The van der Waals surface area contributed by atoms with E-state index in [1.165, 1.54) is 12.1 Å². The van der Waals surface area contributed by atoms with Gasteiger partial charge in [-0.2, -0.15) is 8.78 Å². The van der Waals surface area contributed by atoms with Crippen molar-refractivity contribution >= 4 is 17.7 Å². The van der Waals surface area contributed by atoms with Crippen LogP contribution in [-0.2, 0) is 4.74 Å². The van der Waals surface area contributed by atoms with Crippen molar-refractivity contribution < 1.29 is 27.8 Å². The number of ether oxygens (including phenoxy) is 2. The number of anilines is 1. The van der Waals surface area contributed by atoms with Crippen LogP contribution in [-0.4, -0.2) is 25.2 Å². The van der Waals surface area contributed by atoms with Gasteiger partial charge in [0.25, 0.3) is 5.91 Å². The minimum absolute atomic E-state index is 0.0259. The second-order valence-corrected chi connectivity index (χ2v) is 5.57. The van der Waals surface area contributed by atoms with Crippen LogP contribution >= 0.6 is 0 Å². The van der Waals surface area contributed by atoms with Crippen LogP contribution in [0.4, 0.5) is 19.3 Å². The molecule has 0 aliphatic heterocycles. The maximum atomic E-state index is 12.4. The summed E-state index contributed by atoms with van der Waals surface area (Å²) in [6.07, 6.45) is -0.575. The van der Waals surface area contributed by atoms with Crippen LogP contribution < -0.4 is 15.4 Å². The Kier molecular flexibility index (Phi) is 7.10. The van der Waals surface area contributed by atoms with Crippen LogP contribution in [0.5, 0.6) is 5.75 Å². The van der Waals surface area contributed by atoms with Gasteiger partial charge < -0.3 is 14.8 Å². The molecule has 2 rings (SSSR count). The summed E-state index contributed by atoms with van der Waals surface area (Å²) in [4.78, 5) is 23.7. The van der Waals surface area contributed by atoms with Gasteiger partial charge in [-0.25, -0.2) is 4.79 Å². The highest BCUT2D eigenvalue weighted by atomic mass is 19.3. The van der Waals surface area contributed by atoms with Crippen molar-refractivity contribution in [3.05, 3.63) is 59.7 Å². The maximum Gasteiger partial charge on any atom is 0.411 e. The molecule has 8 heteroatoms. The molecular formula is C19H20F2N2O4. The third kappa shape index (κ3) is 6.25. The Hall–Kier alpha value is -3.16. The lowest BCUT2D eigenvalue weighted by Crippen LogP contribution is -2.26. The molecule has 0 aromatic heterocycles. The van der Waals surface area contributed by atoms with E-state index in [9.17, 15) is 18.4 Å². The number of benzene rings is 2. The SMILES string of the molecule is CCOC(=O)Nc1ccc(C(=O)NC(C)c2cccc(OC(F)F)c2)cc1. The molecule has 0 fully saturated rings. The number of halogens is 2. The molecule has 2 amide bonds. The first-order valence-electron chi connectivity index (χ1n) is 8.28. The number of hydrogen-bond acceptors (Lipinski definition) is 4. The van der Waals surface area contributed by atoms with Crippen LogP contribution in [0, 0.1) is 0 Å². The second-order valence-electron chi connectivity index (χ2n) is 5.57. The first kappa shape index (κ1) is 20.2. The Balaban J connectivity index is 1.99. The standard InChI is InChI=1S/C19H20F2N2O4/c1-3-26-19(25)23-15-9-7-13(8-10-15)17(24)22-12(2)14-5-4-6-16(11-14)27-18(20)21/h4-12,18H,3H2,1-2H3,(H,22,24)(H,23,25). The largest absolute Gasteiger partial charge is 0.450 e. The molecule has 0 spiro atoms. The average molecular weight is 378 g/mol. The van der Waals surface area contributed by atoms with Gasteiger partial charge in [0.15, 0.2) is 0 Å². The van der Waals surface area contributed by atoms with Crippen LogP contribution in [0.15, 0.2) is 48.5 Å². The molecule has 144 valence electrons. The van der Waals surface area contributed by atoms with Crippen molar-refractivity contribution in [2.75, 3.05) is 11.9 Å². The van der Waals surface area contributed by atoms with Gasteiger partial charge in [-0.15, -0.1) is 0 Å². The lowest BCUT2D eigenvalue weighted by Gasteiger charge is -2.16. The molecule has 2 aromatic carbocycles. The van der Waals surface area contributed by atoms with Crippen LogP contribution in [0.2, 0.25) is 0 Å². The normalized spacial score (nSPS) is 11.6. The Morgan fingerprint density at radius 3 is 2.44 bits per heavy atom. The molecule has 1 atom stereocenters. The number of amides is 2. The van der Waals surface area contributed by atoms with E-state index in [0.29, 0.717) is 16.8 Å². The molecule has 1 unspecified atom stereocenters. The van der Waals surface area contributed by atoms with E-state index in [4.69, 9.17) is 4.74 Å². The Morgan fingerprint density at radius 1 is 1.11 bits per heavy atom. The van der Waals surface area contributed by atoms with Crippen molar-refractivity contribution in [3.8, 4) is 5.75 Å². The summed E-state index contributed by atoms with van der Waals surface area (Å²) in [6.45, 7) is 0.778. The highest BCUT2D eigenvalue weighted by molar-refractivity contribution is 5.95. The summed E-state index contributed by atoms with van der Waals surface area (Å²) in [5, 5.41) is 5.31. The minimum Gasteiger partial charge on any atom is -0.450 e. The van der Waals surface area contributed by atoms with E-state index < -0.39 is 18.7 Å². The van der Waals surface area contributed by atoms with Gasteiger partial charge in [0.05, 0.1) is 12.6 Å². The van der Waals surface area contributed by atoms with E-state index >= 15 is 0 Å². The molecule has 27 heavy (non-hydrogen) atoms. The molecule has 2 aromatic rings. The minimum atomic E-state index is -2.91. The quantitative estimate of drug-likeness (QED) is 0.751. The zero-order valence-electron chi connectivity index (χ0n) is 14.9. The lowest BCUT2D eigenvalue weighted by atomic mass is 10.1. The fourth-order valence-corrected chi connectivity index (χ4v) is 2.31. The Bertz CT molecular complexity index is 782. The average Bonchev–Trinajstić information content (AvgIpc) is 2.62. The number of nitrogens with one attached hydrogen (secondary N) is 2. The summed E-state index contributed by atoms with van der Waals surface area (Å²) < 4.78 is 33.8. The van der Waals surface area contributed by atoms with E-state index in [2.05, 4.69) is 15.4 Å². The van der Waals surface area contributed by atoms with Crippen LogP contribution in [0.25, 0.3) is 0 Å². The molecule has 0 aliphatic rings. The predicted octanol–water partition coefficient (Wildman–Crippen LogP) is 4.35. The molecule has 0 bridgehead atoms. The molecule has 0 heterocycles. The maximum absolute atomic E-state index is 12.4. The number of hydrogen-bond donors (Lipinski definition) is 2. The van der Waals surface area contributed by atoms with Crippen molar-refractivity contribution in [1.29, 1.82) is 0 Å². The Morgan fingerprint density at radius 2 is 1.81 bits per heavy atom.